The van der Waals surface area contributed by atoms with Gasteiger partial charge in [-0.05, 0) is 37.0 Å². The van der Waals surface area contributed by atoms with E-state index in [0.717, 1.165) is 38.6 Å². The Balaban J connectivity index is 2.29. The van der Waals surface area contributed by atoms with Crippen LogP contribution in [-0.2, 0) is 9.84 Å². The first-order chi connectivity index (χ1) is 9.81. The molecule has 1 saturated heterocycles. The number of likely N-dealkylation sites (tertiary alicyclic amines) is 1. The lowest BCUT2D eigenvalue weighted by atomic mass is 9.95. The number of carbonyl (C=O) groups is 1. The second kappa shape index (κ2) is 6.05. The van der Waals surface area contributed by atoms with Gasteiger partial charge in [-0.15, -0.1) is 0 Å². The topological polar surface area (TPSA) is 80.5 Å². The van der Waals surface area contributed by atoms with E-state index < -0.39 is 9.84 Å². The third-order valence-electron chi connectivity index (χ3n) is 3.99. The molecule has 0 radical (unpaired) electrons. The van der Waals surface area contributed by atoms with Gasteiger partial charge < -0.3 is 10.6 Å². The standard InChI is InChI=1S/C15H22N2O3S/c1-3-11-5-4-6-17(10-11)15(18)12-7-13(16)9-14(8-12)21(2,19)20/h7-9,11H,3-6,10,16H2,1-2H3. The monoisotopic (exact) mass is 310 g/mol. The summed E-state index contributed by atoms with van der Waals surface area (Å²) in [6.07, 6.45) is 4.30. The molecule has 2 N–H and O–H groups in total. The molecule has 1 aliphatic rings. The summed E-state index contributed by atoms with van der Waals surface area (Å²) in [5.41, 5.74) is 6.39. The van der Waals surface area contributed by atoms with Gasteiger partial charge in [0.1, 0.15) is 0 Å². The molecule has 0 bridgehead atoms. The molecule has 0 aromatic heterocycles. The molecule has 1 fully saturated rings. The summed E-state index contributed by atoms with van der Waals surface area (Å²) >= 11 is 0. The summed E-state index contributed by atoms with van der Waals surface area (Å²) in [5.74, 6) is 0.392. The van der Waals surface area contributed by atoms with E-state index in [2.05, 4.69) is 6.92 Å². The zero-order chi connectivity index (χ0) is 15.6. The van der Waals surface area contributed by atoms with Crippen molar-refractivity contribution in [2.75, 3.05) is 25.1 Å². The van der Waals surface area contributed by atoms with Gasteiger partial charge in [-0.25, -0.2) is 8.42 Å². The smallest absolute Gasteiger partial charge is 0.253 e. The fourth-order valence-corrected chi connectivity index (χ4v) is 3.42. The third kappa shape index (κ3) is 3.75. The maximum Gasteiger partial charge on any atom is 0.253 e. The number of benzene rings is 1. The van der Waals surface area contributed by atoms with Crippen molar-refractivity contribution in [3.05, 3.63) is 23.8 Å². The van der Waals surface area contributed by atoms with Crippen molar-refractivity contribution in [2.24, 2.45) is 5.92 Å². The van der Waals surface area contributed by atoms with E-state index in [9.17, 15) is 13.2 Å². The molecule has 1 heterocycles. The molecule has 1 aromatic rings. The highest BCUT2D eigenvalue weighted by Crippen LogP contribution is 2.23. The van der Waals surface area contributed by atoms with Gasteiger partial charge in [0.2, 0.25) is 0 Å². The number of hydrogen-bond donors (Lipinski definition) is 1. The predicted molar refractivity (Wildman–Crippen MR) is 82.9 cm³/mol. The van der Waals surface area contributed by atoms with Crippen molar-refractivity contribution >= 4 is 21.4 Å². The molecule has 1 unspecified atom stereocenters. The maximum absolute atomic E-state index is 12.6. The van der Waals surface area contributed by atoms with E-state index in [1.807, 2.05) is 0 Å². The minimum Gasteiger partial charge on any atom is -0.399 e. The van der Waals surface area contributed by atoms with Crippen molar-refractivity contribution in [3.8, 4) is 0 Å². The van der Waals surface area contributed by atoms with Crippen LogP contribution < -0.4 is 5.73 Å². The molecule has 0 spiro atoms. The Morgan fingerprint density at radius 2 is 2.10 bits per heavy atom. The van der Waals surface area contributed by atoms with Crippen molar-refractivity contribution in [3.63, 3.8) is 0 Å². The van der Waals surface area contributed by atoms with Crippen LogP contribution in [0.1, 0.15) is 36.5 Å². The Morgan fingerprint density at radius 3 is 2.71 bits per heavy atom. The summed E-state index contributed by atoms with van der Waals surface area (Å²) in [4.78, 5) is 14.5. The molecule has 116 valence electrons. The Morgan fingerprint density at radius 1 is 1.38 bits per heavy atom. The van der Waals surface area contributed by atoms with Gasteiger partial charge in [0.25, 0.3) is 5.91 Å². The molecule has 1 aliphatic heterocycles. The van der Waals surface area contributed by atoms with Crippen molar-refractivity contribution in [2.45, 2.75) is 31.1 Å². The predicted octanol–water partition coefficient (Wildman–Crippen LogP) is 1.93. The molecular formula is C15H22N2O3S. The van der Waals surface area contributed by atoms with Gasteiger partial charge in [0, 0.05) is 30.6 Å². The molecule has 0 saturated carbocycles. The van der Waals surface area contributed by atoms with Crippen LogP contribution in [0.4, 0.5) is 5.69 Å². The molecule has 1 amide bonds. The fourth-order valence-electron chi connectivity index (χ4n) is 2.72. The first-order valence-corrected chi connectivity index (χ1v) is 9.10. The number of nitrogen functional groups attached to an aromatic ring is 1. The van der Waals surface area contributed by atoms with Crippen LogP contribution in [0.5, 0.6) is 0 Å². The summed E-state index contributed by atoms with van der Waals surface area (Å²) in [6.45, 7) is 3.58. The summed E-state index contributed by atoms with van der Waals surface area (Å²) in [6, 6.07) is 4.35. The van der Waals surface area contributed by atoms with Crippen LogP contribution in [0.2, 0.25) is 0 Å². The van der Waals surface area contributed by atoms with E-state index in [1.165, 1.54) is 12.1 Å². The lowest BCUT2D eigenvalue weighted by Gasteiger charge is -2.32. The van der Waals surface area contributed by atoms with Crippen molar-refractivity contribution in [1.29, 1.82) is 0 Å². The highest BCUT2D eigenvalue weighted by Gasteiger charge is 2.24. The number of sulfone groups is 1. The van der Waals surface area contributed by atoms with Crippen molar-refractivity contribution < 1.29 is 13.2 Å². The van der Waals surface area contributed by atoms with E-state index in [1.54, 1.807) is 11.0 Å². The van der Waals surface area contributed by atoms with Crippen LogP contribution in [0.25, 0.3) is 0 Å². The summed E-state index contributed by atoms with van der Waals surface area (Å²) in [7, 11) is -3.38. The van der Waals surface area contributed by atoms with E-state index in [4.69, 9.17) is 5.73 Å². The first kappa shape index (κ1) is 15.8. The average Bonchev–Trinajstić information content (AvgIpc) is 2.45. The summed E-state index contributed by atoms with van der Waals surface area (Å²) in [5, 5.41) is 0. The fraction of sp³-hybridized carbons (Fsp3) is 0.533. The number of anilines is 1. The highest BCUT2D eigenvalue weighted by atomic mass is 32.2. The number of amides is 1. The normalized spacial score (nSPS) is 19.5. The van der Waals surface area contributed by atoms with Crippen LogP contribution in [0.15, 0.2) is 23.1 Å². The second-order valence-corrected chi connectivity index (χ2v) is 7.75. The van der Waals surface area contributed by atoms with Gasteiger partial charge in [0.05, 0.1) is 4.90 Å². The molecular weight excluding hydrogens is 288 g/mol. The molecule has 0 aliphatic carbocycles. The number of nitrogens with zero attached hydrogens (tertiary/aromatic N) is 1. The Bertz CT molecular complexity index is 640. The molecule has 6 heteroatoms. The molecule has 1 atom stereocenters. The van der Waals surface area contributed by atoms with Gasteiger partial charge in [-0.3, -0.25) is 4.79 Å². The van der Waals surface area contributed by atoms with Crippen LogP contribution >= 0.6 is 0 Å². The Hall–Kier alpha value is -1.56. The quantitative estimate of drug-likeness (QED) is 0.865. The number of carbonyl (C=O) groups excluding carboxylic acids is 1. The lowest BCUT2D eigenvalue weighted by molar-refractivity contribution is 0.0671. The van der Waals surface area contributed by atoms with Gasteiger partial charge in [-0.2, -0.15) is 0 Å². The first-order valence-electron chi connectivity index (χ1n) is 7.21. The zero-order valence-corrected chi connectivity index (χ0v) is 13.3. The molecule has 5 nitrogen and oxygen atoms in total. The summed E-state index contributed by atoms with van der Waals surface area (Å²) < 4.78 is 23.3. The number of nitrogens with two attached hydrogens (primary N) is 1. The van der Waals surface area contributed by atoms with E-state index in [0.29, 0.717) is 17.2 Å². The number of hydrogen-bond acceptors (Lipinski definition) is 4. The van der Waals surface area contributed by atoms with Crippen LogP contribution in [0.3, 0.4) is 0 Å². The maximum atomic E-state index is 12.6. The number of rotatable bonds is 3. The van der Waals surface area contributed by atoms with E-state index >= 15 is 0 Å². The Kier molecular flexibility index (Phi) is 4.56. The third-order valence-corrected chi connectivity index (χ3v) is 5.08. The van der Waals surface area contributed by atoms with Gasteiger partial charge in [0.15, 0.2) is 9.84 Å². The molecule has 21 heavy (non-hydrogen) atoms. The second-order valence-electron chi connectivity index (χ2n) is 5.73. The van der Waals surface area contributed by atoms with Crippen molar-refractivity contribution in [1.82, 2.24) is 4.90 Å². The Labute approximate surface area is 126 Å². The van der Waals surface area contributed by atoms with Gasteiger partial charge in [-0.1, -0.05) is 13.3 Å². The highest BCUT2D eigenvalue weighted by molar-refractivity contribution is 7.90. The largest absolute Gasteiger partial charge is 0.399 e. The van der Waals surface area contributed by atoms with Crippen LogP contribution in [0, 0.1) is 5.92 Å². The van der Waals surface area contributed by atoms with E-state index in [-0.39, 0.29) is 10.8 Å². The number of piperidine rings is 1. The SMILES string of the molecule is CCC1CCCN(C(=O)c2cc(N)cc(S(C)(=O)=O)c2)C1. The molecule has 1 aromatic carbocycles. The van der Waals surface area contributed by atoms with Gasteiger partial charge >= 0.3 is 0 Å². The minimum absolute atomic E-state index is 0.0925. The average molecular weight is 310 g/mol. The van der Waals surface area contributed by atoms with Crippen LogP contribution in [-0.4, -0.2) is 38.6 Å². The zero-order valence-electron chi connectivity index (χ0n) is 12.5. The lowest BCUT2D eigenvalue weighted by Crippen LogP contribution is -2.39. The minimum atomic E-state index is -3.38. The molecule has 2 rings (SSSR count).